The van der Waals surface area contributed by atoms with Crippen LogP contribution in [0.25, 0.3) is 21.9 Å². The van der Waals surface area contributed by atoms with Crippen molar-refractivity contribution in [1.82, 2.24) is 20.3 Å². The molecule has 2 aromatic carbocycles. The van der Waals surface area contributed by atoms with E-state index in [-0.39, 0.29) is 5.82 Å². The van der Waals surface area contributed by atoms with Crippen LogP contribution in [0.1, 0.15) is 12.1 Å². The van der Waals surface area contributed by atoms with Crippen molar-refractivity contribution in [2.45, 2.75) is 12.8 Å². The van der Waals surface area contributed by atoms with Crippen LogP contribution in [0.3, 0.4) is 0 Å². The zero-order valence-electron chi connectivity index (χ0n) is 15.6. The number of nitrogens with one attached hydrogen (secondary N) is 1. The summed E-state index contributed by atoms with van der Waals surface area (Å²) in [5.74, 6) is 0.759. The Bertz CT molecular complexity index is 1100. The first-order valence-corrected chi connectivity index (χ1v) is 9.72. The van der Waals surface area contributed by atoms with E-state index in [1.807, 2.05) is 6.07 Å². The van der Waals surface area contributed by atoms with Crippen molar-refractivity contribution in [2.75, 3.05) is 37.6 Å². The van der Waals surface area contributed by atoms with Gasteiger partial charge in [-0.2, -0.15) is 5.10 Å². The first kappa shape index (κ1) is 17.2. The van der Waals surface area contributed by atoms with Crippen LogP contribution in [0.15, 0.2) is 47.0 Å². The maximum Gasteiger partial charge on any atom is 0.170 e. The van der Waals surface area contributed by atoms with Crippen molar-refractivity contribution in [1.29, 1.82) is 0 Å². The number of hydrogen-bond acceptors (Lipinski definition) is 5. The molecule has 144 valence electrons. The first-order valence-electron chi connectivity index (χ1n) is 9.72. The van der Waals surface area contributed by atoms with Gasteiger partial charge >= 0.3 is 0 Å². The summed E-state index contributed by atoms with van der Waals surface area (Å²) >= 11 is 0. The van der Waals surface area contributed by atoms with Gasteiger partial charge in [0.05, 0.1) is 11.2 Å². The zero-order valence-corrected chi connectivity index (χ0v) is 15.6. The molecule has 5 rings (SSSR count). The van der Waals surface area contributed by atoms with E-state index in [9.17, 15) is 4.39 Å². The second-order valence-corrected chi connectivity index (χ2v) is 7.29. The molecule has 0 radical (unpaired) electrons. The third-order valence-corrected chi connectivity index (χ3v) is 5.52. The molecule has 0 spiro atoms. The van der Waals surface area contributed by atoms with Crippen LogP contribution in [-0.2, 0) is 6.42 Å². The predicted octanol–water partition coefficient (Wildman–Crippen LogP) is 3.60. The van der Waals surface area contributed by atoms with Crippen molar-refractivity contribution in [3.63, 3.8) is 0 Å². The lowest BCUT2D eigenvalue weighted by atomic mass is 10.1. The minimum Gasteiger partial charge on any atom is -0.356 e. The molecule has 1 N–H and O–H groups in total. The maximum absolute atomic E-state index is 13.3. The van der Waals surface area contributed by atoms with Crippen molar-refractivity contribution in [3.05, 3.63) is 54.0 Å². The molecule has 0 aliphatic carbocycles. The molecule has 4 aromatic rings. The number of piperazine rings is 1. The number of aromatic amines is 1. The Morgan fingerprint density at radius 3 is 2.79 bits per heavy atom. The third kappa shape index (κ3) is 3.22. The van der Waals surface area contributed by atoms with Crippen LogP contribution >= 0.6 is 0 Å². The standard InChI is InChI=1S/C21H22FN5O/c22-15-7-8-16-19(25-28-20(16)14-15)6-3-9-26-10-12-27(13-11-26)21-17-4-1-2-5-18(17)23-24-21/h1-2,4-5,7-8,14H,3,6,9-13H2,(H,23,24). The SMILES string of the molecule is Fc1ccc2c(CCCN3CCN(c4n[nH]c5ccccc45)CC3)noc2c1. The van der Waals surface area contributed by atoms with Gasteiger partial charge in [0, 0.05) is 43.0 Å². The summed E-state index contributed by atoms with van der Waals surface area (Å²) in [7, 11) is 0. The molecule has 1 aliphatic heterocycles. The highest BCUT2D eigenvalue weighted by molar-refractivity contribution is 5.90. The number of fused-ring (bicyclic) bond motifs is 2. The summed E-state index contributed by atoms with van der Waals surface area (Å²) in [6.45, 7) is 5.00. The second-order valence-electron chi connectivity index (χ2n) is 7.29. The number of aromatic nitrogens is 3. The minimum absolute atomic E-state index is 0.294. The Balaban J connectivity index is 1.15. The van der Waals surface area contributed by atoms with E-state index in [0.717, 1.165) is 68.0 Å². The number of H-pyrrole nitrogens is 1. The molecule has 0 saturated carbocycles. The van der Waals surface area contributed by atoms with E-state index >= 15 is 0 Å². The van der Waals surface area contributed by atoms with E-state index < -0.39 is 0 Å². The van der Waals surface area contributed by atoms with Crippen LogP contribution in [0.4, 0.5) is 10.2 Å². The Morgan fingerprint density at radius 1 is 1.04 bits per heavy atom. The number of nitrogens with zero attached hydrogens (tertiary/aromatic N) is 4. The van der Waals surface area contributed by atoms with Gasteiger partial charge in [0.15, 0.2) is 11.4 Å². The molecule has 1 saturated heterocycles. The lowest BCUT2D eigenvalue weighted by molar-refractivity contribution is 0.254. The predicted molar refractivity (Wildman–Crippen MR) is 107 cm³/mol. The smallest absolute Gasteiger partial charge is 0.170 e. The van der Waals surface area contributed by atoms with E-state index in [4.69, 9.17) is 4.52 Å². The number of para-hydroxylation sites is 1. The molecule has 0 atom stereocenters. The number of benzene rings is 2. The summed E-state index contributed by atoms with van der Waals surface area (Å²) in [6.07, 6.45) is 1.84. The van der Waals surface area contributed by atoms with E-state index in [0.29, 0.717) is 5.58 Å². The van der Waals surface area contributed by atoms with Gasteiger partial charge in [-0.1, -0.05) is 17.3 Å². The molecule has 7 heteroatoms. The third-order valence-electron chi connectivity index (χ3n) is 5.52. The molecule has 0 amide bonds. The van der Waals surface area contributed by atoms with Gasteiger partial charge in [-0.05, 0) is 43.7 Å². The normalized spacial score (nSPS) is 15.7. The molecule has 2 aromatic heterocycles. The molecular weight excluding hydrogens is 357 g/mol. The molecule has 0 unspecified atom stereocenters. The quantitative estimate of drug-likeness (QED) is 0.574. The number of hydrogen-bond donors (Lipinski definition) is 1. The second kappa shape index (κ2) is 7.24. The summed E-state index contributed by atoms with van der Waals surface area (Å²) in [5.41, 5.74) is 2.52. The molecule has 3 heterocycles. The summed E-state index contributed by atoms with van der Waals surface area (Å²) < 4.78 is 18.5. The average Bonchev–Trinajstić information content (AvgIpc) is 3.33. The van der Waals surface area contributed by atoms with Crippen LogP contribution in [0, 0.1) is 5.82 Å². The molecule has 6 nitrogen and oxygen atoms in total. The zero-order chi connectivity index (χ0) is 18.9. The fourth-order valence-corrected chi connectivity index (χ4v) is 3.99. The van der Waals surface area contributed by atoms with Gasteiger partial charge in [0.1, 0.15) is 5.82 Å². The number of anilines is 1. The van der Waals surface area contributed by atoms with Crippen molar-refractivity contribution >= 4 is 27.7 Å². The summed E-state index contributed by atoms with van der Waals surface area (Å²) in [6, 6.07) is 12.9. The van der Waals surface area contributed by atoms with Crippen LogP contribution < -0.4 is 4.90 Å². The molecule has 0 bridgehead atoms. The molecule has 28 heavy (non-hydrogen) atoms. The fraction of sp³-hybridized carbons (Fsp3) is 0.333. The van der Waals surface area contributed by atoms with Crippen LogP contribution in [0.2, 0.25) is 0 Å². The summed E-state index contributed by atoms with van der Waals surface area (Å²) in [5, 5.41) is 13.8. The highest BCUT2D eigenvalue weighted by Crippen LogP contribution is 2.25. The fourth-order valence-electron chi connectivity index (χ4n) is 3.99. The van der Waals surface area contributed by atoms with Crippen LogP contribution in [0.5, 0.6) is 0 Å². The number of halogens is 1. The van der Waals surface area contributed by atoms with E-state index in [2.05, 4.69) is 43.4 Å². The number of aryl methyl sites for hydroxylation is 1. The minimum atomic E-state index is -0.294. The van der Waals surface area contributed by atoms with Gasteiger partial charge in [-0.15, -0.1) is 0 Å². The maximum atomic E-state index is 13.3. The van der Waals surface area contributed by atoms with E-state index in [1.54, 1.807) is 6.07 Å². The molecule has 1 fully saturated rings. The highest BCUT2D eigenvalue weighted by atomic mass is 19.1. The van der Waals surface area contributed by atoms with Gasteiger partial charge in [0.25, 0.3) is 0 Å². The average molecular weight is 379 g/mol. The summed E-state index contributed by atoms with van der Waals surface area (Å²) in [4.78, 5) is 4.84. The Kier molecular flexibility index (Phi) is 4.44. The number of rotatable bonds is 5. The molecule has 1 aliphatic rings. The van der Waals surface area contributed by atoms with E-state index in [1.165, 1.54) is 17.5 Å². The van der Waals surface area contributed by atoms with Gasteiger partial charge in [0.2, 0.25) is 0 Å². The Labute approximate surface area is 161 Å². The Hall–Kier alpha value is -2.93. The molecular formula is C21H22FN5O. The van der Waals surface area contributed by atoms with Gasteiger partial charge < -0.3 is 9.42 Å². The monoisotopic (exact) mass is 379 g/mol. The first-order chi connectivity index (χ1) is 13.8. The lowest BCUT2D eigenvalue weighted by Gasteiger charge is -2.35. The van der Waals surface area contributed by atoms with Crippen molar-refractivity contribution in [3.8, 4) is 0 Å². The van der Waals surface area contributed by atoms with Crippen molar-refractivity contribution in [2.24, 2.45) is 0 Å². The van der Waals surface area contributed by atoms with Gasteiger partial charge in [-0.25, -0.2) is 4.39 Å². The van der Waals surface area contributed by atoms with Crippen molar-refractivity contribution < 1.29 is 8.91 Å². The van der Waals surface area contributed by atoms with Gasteiger partial charge in [-0.3, -0.25) is 10.00 Å². The largest absolute Gasteiger partial charge is 0.356 e. The highest BCUT2D eigenvalue weighted by Gasteiger charge is 2.20. The topological polar surface area (TPSA) is 61.2 Å². The van der Waals surface area contributed by atoms with Crippen LogP contribution in [-0.4, -0.2) is 53.0 Å². The Morgan fingerprint density at radius 2 is 1.89 bits per heavy atom. The lowest BCUT2D eigenvalue weighted by Crippen LogP contribution is -2.46.